The molecule has 0 fully saturated rings. The van der Waals surface area contributed by atoms with Gasteiger partial charge in [0.1, 0.15) is 6.04 Å². The van der Waals surface area contributed by atoms with Crippen molar-refractivity contribution < 1.29 is 18.0 Å². The lowest BCUT2D eigenvalue weighted by atomic mass is 10.0. The van der Waals surface area contributed by atoms with Gasteiger partial charge in [-0.2, -0.15) is 4.72 Å². The quantitative estimate of drug-likeness (QED) is 0.425. The second-order valence-electron chi connectivity index (χ2n) is 9.73. The third-order valence-electron chi connectivity index (χ3n) is 6.24. The SMILES string of the molecule is CC(C)CC(NS(=O)(=O)C=Cc1ccccc1)C(=O)NC1N=C(c2ccccc2)c2ccccc2N(C)C1=O. The Morgan fingerprint density at radius 3 is 2.26 bits per heavy atom. The van der Waals surface area contributed by atoms with Crippen molar-refractivity contribution in [3.63, 3.8) is 0 Å². The third kappa shape index (κ3) is 7.07. The van der Waals surface area contributed by atoms with Crippen molar-refractivity contribution in [2.75, 3.05) is 11.9 Å². The topological polar surface area (TPSA) is 108 Å². The van der Waals surface area contributed by atoms with Crippen molar-refractivity contribution in [1.82, 2.24) is 10.0 Å². The minimum atomic E-state index is -3.96. The minimum Gasteiger partial charge on any atom is -0.325 e. The van der Waals surface area contributed by atoms with Crippen LogP contribution in [0.2, 0.25) is 0 Å². The zero-order chi connectivity index (χ0) is 28.0. The summed E-state index contributed by atoms with van der Waals surface area (Å²) in [7, 11) is -2.33. The van der Waals surface area contributed by atoms with Crippen LogP contribution >= 0.6 is 0 Å². The standard InChI is InChI=1S/C30H32N4O4S/c1-21(2)20-25(33-39(37,38)19-18-22-12-6-4-7-13-22)29(35)32-28-30(36)34(3)26-17-11-10-16-24(26)27(31-28)23-14-8-5-9-15-23/h4-19,21,25,28,33H,20H2,1-3H3,(H,32,35). The van der Waals surface area contributed by atoms with E-state index in [4.69, 9.17) is 4.99 Å². The number of carbonyl (C=O) groups excluding carboxylic acids is 2. The maximum absolute atomic E-state index is 13.5. The van der Waals surface area contributed by atoms with Gasteiger partial charge in [-0.1, -0.05) is 92.7 Å². The summed E-state index contributed by atoms with van der Waals surface area (Å²) in [6.45, 7) is 3.78. The highest BCUT2D eigenvalue weighted by Gasteiger charge is 2.33. The molecule has 0 saturated heterocycles. The van der Waals surface area contributed by atoms with Gasteiger partial charge >= 0.3 is 0 Å². The number of para-hydroxylation sites is 1. The fourth-order valence-corrected chi connectivity index (χ4v) is 5.34. The van der Waals surface area contributed by atoms with E-state index in [0.29, 0.717) is 17.0 Å². The number of benzene rings is 3. The van der Waals surface area contributed by atoms with Crippen LogP contribution in [0.5, 0.6) is 0 Å². The summed E-state index contributed by atoms with van der Waals surface area (Å²) < 4.78 is 28.2. The smallest absolute Gasteiger partial charge is 0.272 e. The molecule has 9 heteroatoms. The highest BCUT2D eigenvalue weighted by Crippen LogP contribution is 2.27. The summed E-state index contributed by atoms with van der Waals surface area (Å²) in [4.78, 5) is 33.1. The molecular formula is C30H32N4O4S. The minimum absolute atomic E-state index is 0.00157. The lowest BCUT2D eigenvalue weighted by molar-refractivity contribution is -0.128. The summed E-state index contributed by atoms with van der Waals surface area (Å²) in [5.41, 5.74) is 3.47. The number of sulfonamides is 1. The highest BCUT2D eigenvalue weighted by molar-refractivity contribution is 7.92. The van der Waals surface area contributed by atoms with E-state index < -0.39 is 34.0 Å². The first kappa shape index (κ1) is 27.9. The highest BCUT2D eigenvalue weighted by atomic mass is 32.2. The number of fused-ring (bicyclic) bond motifs is 1. The fourth-order valence-electron chi connectivity index (χ4n) is 4.33. The second kappa shape index (κ2) is 12.2. The van der Waals surface area contributed by atoms with E-state index in [1.807, 2.05) is 74.5 Å². The third-order valence-corrected chi connectivity index (χ3v) is 7.35. The normalized spacial score (nSPS) is 16.5. The van der Waals surface area contributed by atoms with Crippen molar-refractivity contribution in [2.24, 2.45) is 10.9 Å². The Bertz CT molecular complexity index is 1490. The van der Waals surface area contributed by atoms with Crippen LogP contribution in [-0.4, -0.2) is 45.2 Å². The number of nitrogens with zero attached hydrogens (tertiary/aromatic N) is 2. The van der Waals surface area contributed by atoms with E-state index >= 15 is 0 Å². The van der Waals surface area contributed by atoms with Crippen molar-refractivity contribution >= 4 is 39.3 Å². The van der Waals surface area contributed by atoms with E-state index in [1.54, 1.807) is 31.3 Å². The second-order valence-corrected chi connectivity index (χ2v) is 11.3. The number of carbonyl (C=O) groups is 2. The van der Waals surface area contributed by atoms with Gasteiger partial charge < -0.3 is 10.2 Å². The summed E-state index contributed by atoms with van der Waals surface area (Å²) in [6.07, 6.45) is 0.449. The van der Waals surface area contributed by atoms with E-state index in [0.717, 1.165) is 16.5 Å². The Labute approximate surface area is 229 Å². The molecule has 0 saturated carbocycles. The summed E-state index contributed by atoms with van der Waals surface area (Å²) >= 11 is 0. The van der Waals surface area contributed by atoms with Crippen LogP contribution in [0.1, 0.15) is 37.0 Å². The molecule has 3 aromatic carbocycles. The number of anilines is 1. The van der Waals surface area contributed by atoms with Gasteiger partial charge in [0.15, 0.2) is 0 Å². The Hall–Kier alpha value is -4.08. The van der Waals surface area contributed by atoms with Gasteiger partial charge in [-0.3, -0.25) is 9.59 Å². The van der Waals surface area contributed by atoms with Gasteiger partial charge in [-0.25, -0.2) is 13.4 Å². The maximum atomic E-state index is 13.5. The van der Waals surface area contributed by atoms with Crippen LogP contribution in [0.15, 0.2) is 95.3 Å². The summed E-state index contributed by atoms with van der Waals surface area (Å²) in [5.74, 6) is -1.06. The molecule has 2 N–H and O–H groups in total. The zero-order valence-electron chi connectivity index (χ0n) is 22.1. The van der Waals surface area contributed by atoms with Gasteiger partial charge in [0, 0.05) is 23.6 Å². The first-order chi connectivity index (χ1) is 18.6. The van der Waals surface area contributed by atoms with Gasteiger partial charge in [-0.15, -0.1) is 0 Å². The number of hydrogen-bond donors (Lipinski definition) is 2. The predicted octanol–water partition coefficient (Wildman–Crippen LogP) is 3.95. The van der Waals surface area contributed by atoms with E-state index in [2.05, 4.69) is 10.0 Å². The molecule has 202 valence electrons. The zero-order valence-corrected chi connectivity index (χ0v) is 22.9. The van der Waals surface area contributed by atoms with Crippen LogP contribution in [0.3, 0.4) is 0 Å². The van der Waals surface area contributed by atoms with Gasteiger partial charge in [-0.05, 0) is 30.0 Å². The van der Waals surface area contributed by atoms with Crippen LogP contribution in [0.25, 0.3) is 6.08 Å². The molecule has 0 radical (unpaired) electrons. The van der Waals surface area contributed by atoms with Crippen molar-refractivity contribution in [3.05, 3.63) is 107 Å². The predicted molar refractivity (Wildman–Crippen MR) is 155 cm³/mol. The molecule has 0 spiro atoms. The van der Waals surface area contributed by atoms with Crippen LogP contribution in [0, 0.1) is 5.92 Å². The van der Waals surface area contributed by atoms with Crippen LogP contribution in [0.4, 0.5) is 5.69 Å². The molecule has 8 nitrogen and oxygen atoms in total. The lowest BCUT2D eigenvalue weighted by Gasteiger charge is -2.24. The average molecular weight is 545 g/mol. The number of aliphatic imine (C=N–C) groups is 1. The largest absolute Gasteiger partial charge is 0.325 e. The molecule has 1 aliphatic rings. The molecule has 39 heavy (non-hydrogen) atoms. The molecular weight excluding hydrogens is 512 g/mol. The Morgan fingerprint density at radius 1 is 0.974 bits per heavy atom. The van der Waals surface area contributed by atoms with Crippen molar-refractivity contribution in [3.8, 4) is 0 Å². The van der Waals surface area contributed by atoms with Crippen LogP contribution in [-0.2, 0) is 19.6 Å². The van der Waals surface area contributed by atoms with Crippen molar-refractivity contribution in [2.45, 2.75) is 32.5 Å². The number of amides is 2. The molecule has 0 bridgehead atoms. The Balaban J connectivity index is 1.63. The first-order valence-electron chi connectivity index (χ1n) is 12.7. The fraction of sp³-hybridized carbons (Fsp3) is 0.233. The molecule has 3 aromatic rings. The number of nitrogens with one attached hydrogen (secondary N) is 2. The summed E-state index contributed by atoms with van der Waals surface area (Å²) in [6, 6.07) is 24.7. The van der Waals surface area contributed by atoms with Gasteiger partial charge in [0.05, 0.1) is 11.4 Å². The number of rotatable bonds is 9. The van der Waals surface area contributed by atoms with Gasteiger partial charge in [0.2, 0.25) is 22.1 Å². The molecule has 2 amide bonds. The molecule has 0 aromatic heterocycles. The first-order valence-corrected chi connectivity index (χ1v) is 14.3. The number of likely N-dealkylation sites (N-methyl/N-ethyl adjacent to an activating group) is 1. The van der Waals surface area contributed by atoms with E-state index in [1.165, 1.54) is 11.0 Å². The summed E-state index contributed by atoms with van der Waals surface area (Å²) in [5, 5.41) is 3.74. The van der Waals surface area contributed by atoms with E-state index in [-0.39, 0.29) is 12.3 Å². The maximum Gasteiger partial charge on any atom is 0.272 e. The number of benzodiazepines with no additional fused rings is 1. The van der Waals surface area contributed by atoms with Crippen molar-refractivity contribution in [1.29, 1.82) is 0 Å². The molecule has 0 aliphatic carbocycles. The Kier molecular flexibility index (Phi) is 8.73. The Morgan fingerprint density at radius 2 is 1.59 bits per heavy atom. The average Bonchev–Trinajstić information content (AvgIpc) is 3.03. The lowest BCUT2D eigenvalue weighted by Crippen LogP contribution is -2.53. The molecule has 1 heterocycles. The van der Waals surface area contributed by atoms with E-state index in [9.17, 15) is 18.0 Å². The molecule has 1 aliphatic heterocycles. The molecule has 4 rings (SSSR count). The molecule has 2 atom stereocenters. The number of hydrogen-bond acceptors (Lipinski definition) is 5. The van der Waals surface area contributed by atoms with Crippen LogP contribution < -0.4 is 14.9 Å². The molecule has 2 unspecified atom stereocenters. The van der Waals surface area contributed by atoms with Gasteiger partial charge in [0.25, 0.3) is 5.91 Å². The monoisotopic (exact) mass is 544 g/mol.